The Hall–Kier alpha value is -3.70. The van der Waals surface area contributed by atoms with Gasteiger partial charge in [0.25, 0.3) is 5.91 Å². The van der Waals surface area contributed by atoms with Crippen LogP contribution in [0.1, 0.15) is 34.3 Å². The van der Waals surface area contributed by atoms with Crippen LogP contribution in [0.3, 0.4) is 0 Å². The average molecular weight is 556 g/mol. The number of alkyl halides is 3. The number of rotatable bonds is 5. The van der Waals surface area contributed by atoms with Crippen molar-refractivity contribution < 1.29 is 46.5 Å². The number of amides is 1. The Bertz CT molecular complexity index is 1460. The third-order valence-electron chi connectivity index (χ3n) is 6.60. The summed E-state index contributed by atoms with van der Waals surface area (Å²) in [4.78, 5) is 24.0. The highest BCUT2D eigenvalue weighted by molar-refractivity contribution is 6.31. The molecule has 1 aliphatic heterocycles. The van der Waals surface area contributed by atoms with Gasteiger partial charge in [-0.1, -0.05) is 36.7 Å². The Morgan fingerprint density at radius 2 is 1.68 bits per heavy atom. The summed E-state index contributed by atoms with van der Waals surface area (Å²) in [5, 5.41) is 19.9. The smallest absolute Gasteiger partial charge is 0.422 e. The monoisotopic (exact) mass is 555 g/mol. The van der Waals surface area contributed by atoms with Gasteiger partial charge < -0.3 is 19.8 Å². The van der Waals surface area contributed by atoms with Gasteiger partial charge in [-0.3, -0.25) is 4.79 Å². The van der Waals surface area contributed by atoms with Gasteiger partial charge in [-0.15, -0.1) is 0 Å². The molecule has 38 heavy (non-hydrogen) atoms. The van der Waals surface area contributed by atoms with Crippen LogP contribution in [0.4, 0.5) is 27.6 Å². The first-order valence-corrected chi connectivity index (χ1v) is 11.4. The Labute approximate surface area is 217 Å². The molecular formula is C26H19ClF5NO5. The highest BCUT2D eigenvalue weighted by atomic mass is 35.5. The summed E-state index contributed by atoms with van der Waals surface area (Å²) >= 11 is 6.30. The number of carboxylic acids is 1. The molecule has 0 unspecified atom stereocenters. The number of anilines is 1. The van der Waals surface area contributed by atoms with E-state index in [-0.39, 0.29) is 33.1 Å². The molecule has 0 saturated heterocycles. The first kappa shape index (κ1) is 27.3. The maximum atomic E-state index is 15.1. The lowest BCUT2D eigenvalue weighted by atomic mass is 9.77. The number of hydrogen-bond acceptors (Lipinski definition) is 4. The van der Waals surface area contributed by atoms with Gasteiger partial charge in [0.2, 0.25) is 0 Å². The number of fused-ring (bicyclic) bond motifs is 1. The molecule has 12 heteroatoms. The van der Waals surface area contributed by atoms with Gasteiger partial charge in [0.05, 0.1) is 11.3 Å². The second-order valence-electron chi connectivity index (χ2n) is 8.76. The lowest BCUT2D eigenvalue weighted by molar-refractivity contribution is -0.275. The number of carbonyl (C=O) groups is 2. The van der Waals surface area contributed by atoms with E-state index in [0.717, 1.165) is 30.0 Å². The highest BCUT2D eigenvalue weighted by Gasteiger charge is 2.60. The van der Waals surface area contributed by atoms with Crippen LogP contribution < -0.4 is 9.64 Å². The summed E-state index contributed by atoms with van der Waals surface area (Å²) < 4.78 is 77.7. The van der Waals surface area contributed by atoms with Crippen molar-refractivity contribution in [2.75, 3.05) is 18.6 Å². The zero-order chi connectivity index (χ0) is 28.2. The van der Waals surface area contributed by atoms with Crippen molar-refractivity contribution in [3.63, 3.8) is 0 Å². The predicted octanol–water partition coefficient (Wildman–Crippen LogP) is 5.89. The summed E-state index contributed by atoms with van der Waals surface area (Å²) in [6, 6.07) is 8.39. The number of aromatic carboxylic acids is 1. The zero-order valence-electron chi connectivity index (χ0n) is 19.7. The maximum absolute atomic E-state index is 15.1. The number of aliphatic hydroxyl groups is 1. The van der Waals surface area contributed by atoms with Crippen molar-refractivity contribution in [1.29, 1.82) is 0 Å². The van der Waals surface area contributed by atoms with E-state index in [1.165, 1.54) is 31.3 Å². The van der Waals surface area contributed by atoms with E-state index in [9.17, 15) is 32.3 Å². The van der Waals surface area contributed by atoms with Crippen LogP contribution in [0.5, 0.6) is 5.75 Å². The second-order valence-corrected chi connectivity index (χ2v) is 9.17. The normalized spacial score (nSPS) is 15.9. The fraction of sp³-hybridized carbons (Fsp3) is 0.231. The standard InChI is InChI=1S/C26H19ClF5NO5/c1-12(15-5-3-13(7-18(15)27)14-4-6-16(24(35)36)19(28)8-14)25(37,26(30,31)32)17-9-21-22(10-20(17)29)38-11-23(34)33(21)2/h3-10,12,37H,11H2,1-2H3,(H,35,36)/t12-,25-/m0/s1. The van der Waals surface area contributed by atoms with Crippen LogP contribution in [-0.4, -0.2) is 41.9 Å². The molecule has 0 spiro atoms. The summed E-state index contributed by atoms with van der Waals surface area (Å²) in [5.41, 5.74) is -5.37. The topological polar surface area (TPSA) is 87.1 Å². The van der Waals surface area contributed by atoms with Crippen LogP contribution in [0.2, 0.25) is 5.02 Å². The summed E-state index contributed by atoms with van der Waals surface area (Å²) in [6.07, 6.45) is -5.39. The molecular weight excluding hydrogens is 537 g/mol. The lowest BCUT2D eigenvalue weighted by Gasteiger charge is -2.38. The average Bonchev–Trinajstić information content (AvgIpc) is 2.84. The van der Waals surface area contributed by atoms with E-state index in [0.29, 0.717) is 6.07 Å². The summed E-state index contributed by atoms with van der Waals surface area (Å²) in [7, 11) is 1.28. The van der Waals surface area contributed by atoms with Gasteiger partial charge >= 0.3 is 12.1 Å². The van der Waals surface area contributed by atoms with Crippen molar-refractivity contribution in [3.8, 4) is 16.9 Å². The molecule has 2 N–H and O–H groups in total. The quantitative estimate of drug-likeness (QED) is 0.383. The van der Waals surface area contributed by atoms with Gasteiger partial charge in [-0.2, -0.15) is 13.2 Å². The SMILES string of the molecule is C[C@@H](c1ccc(-c2ccc(C(=O)O)c(F)c2)cc1Cl)[C@](O)(c1cc2c(cc1F)OCC(=O)N2C)C(F)(F)F. The zero-order valence-corrected chi connectivity index (χ0v) is 20.5. The molecule has 3 aromatic carbocycles. The minimum Gasteiger partial charge on any atom is -0.481 e. The van der Waals surface area contributed by atoms with E-state index < -0.39 is 58.9 Å². The van der Waals surface area contributed by atoms with Gasteiger partial charge in [-0.05, 0) is 41.0 Å². The number of hydrogen-bond donors (Lipinski definition) is 2. The third kappa shape index (κ3) is 4.45. The molecule has 200 valence electrons. The van der Waals surface area contributed by atoms with E-state index >= 15 is 4.39 Å². The van der Waals surface area contributed by atoms with E-state index in [4.69, 9.17) is 21.4 Å². The molecule has 2 atom stereocenters. The Balaban J connectivity index is 1.80. The van der Waals surface area contributed by atoms with E-state index in [2.05, 4.69) is 0 Å². The van der Waals surface area contributed by atoms with Gasteiger partial charge in [-0.25, -0.2) is 13.6 Å². The molecule has 0 aliphatic carbocycles. The maximum Gasteiger partial charge on any atom is 0.422 e. The number of likely N-dealkylation sites (N-methyl/N-ethyl adjacent to an activating group) is 1. The summed E-state index contributed by atoms with van der Waals surface area (Å²) in [5.74, 6) is -6.49. The number of ether oxygens (including phenoxy) is 1. The number of halogens is 6. The molecule has 6 nitrogen and oxygen atoms in total. The van der Waals surface area contributed by atoms with Gasteiger partial charge in [0.1, 0.15) is 17.4 Å². The van der Waals surface area contributed by atoms with Gasteiger partial charge in [0.15, 0.2) is 12.2 Å². The number of nitrogens with zero attached hydrogens (tertiary/aromatic N) is 1. The largest absolute Gasteiger partial charge is 0.481 e. The van der Waals surface area contributed by atoms with Crippen molar-refractivity contribution >= 4 is 29.2 Å². The Kier molecular flexibility index (Phi) is 6.87. The molecule has 0 radical (unpaired) electrons. The lowest BCUT2D eigenvalue weighted by Crippen LogP contribution is -2.47. The molecule has 1 amide bonds. The fourth-order valence-corrected chi connectivity index (χ4v) is 4.71. The van der Waals surface area contributed by atoms with E-state index in [1.807, 2.05) is 0 Å². The van der Waals surface area contributed by atoms with Crippen LogP contribution >= 0.6 is 11.6 Å². The minimum absolute atomic E-state index is 0.152. The molecule has 0 bridgehead atoms. The molecule has 3 aromatic rings. The molecule has 4 rings (SSSR count). The van der Waals surface area contributed by atoms with Crippen LogP contribution in [0.15, 0.2) is 48.5 Å². The first-order valence-electron chi connectivity index (χ1n) is 11.0. The van der Waals surface area contributed by atoms with Crippen molar-refractivity contribution in [3.05, 3.63) is 81.9 Å². The highest BCUT2D eigenvalue weighted by Crippen LogP contribution is 2.52. The minimum atomic E-state index is -5.39. The predicted molar refractivity (Wildman–Crippen MR) is 127 cm³/mol. The Morgan fingerprint density at radius 1 is 1.05 bits per heavy atom. The molecule has 0 aromatic heterocycles. The first-order chi connectivity index (χ1) is 17.7. The molecule has 0 fully saturated rings. The van der Waals surface area contributed by atoms with E-state index in [1.54, 1.807) is 0 Å². The number of benzene rings is 3. The van der Waals surface area contributed by atoms with Crippen LogP contribution in [-0.2, 0) is 10.4 Å². The summed E-state index contributed by atoms with van der Waals surface area (Å²) in [6.45, 7) is 0.590. The number of carboxylic acid groups (broad SMARTS) is 1. The van der Waals surface area contributed by atoms with Crippen LogP contribution in [0, 0.1) is 11.6 Å². The van der Waals surface area contributed by atoms with Crippen molar-refractivity contribution in [2.45, 2.75) is 24.6 Å². The second kappa shape index (κ2) is 9.55. The van der Waals surface area contributed by atoms with Crippen molar-refractivity contribution in [1.82, 2.24) is 0 Å². The molecule has 1 heterocycles. The van der Waals surface area contributed by atoms with Crippen LogP contribution in [0.25, 0.3) is 11.1 Å². The van der Waals surface area contributed by atoms with Gasteiger partial charge in [0, 0.05) is 29.6 Å². The van der Waals surface area contributed by atoms with Crippen molar-refractivity contribution in [2.24, 2.45) is 0 Å². The fourth-order valence-electron chi connectivity index (χ4n) is 4.37. The third-order valence-corrected chi connectivity index (χ3v) is 6.93. The number of carbonyl (C=O) groups excluding carboxylic acids is 1. The molecule has 0 saturated carbocycles. The molecule has 1 aliphatic rings. The Morgan fingerprint density at radius 3 is 2.26 bits per heavy atom.